The van der Waals surface area contributed by atoms with E-state index in [1.54, 1.807) is 6.07 Å². The molecule has 0 radical (unpaired) electrons. The third-order valence-electron chi connectivity index (χ3n) is 4.03. The number of hydrogen-bond donors (Lipinski definition) is 0. The number of esters is 1. The second-order valence-corrected chi connectivity index (χ2v) is 6.65. The van der Waals surface area contributed by atoms with Crippen LogP contribution in [0.3, 0.4) is 0 Å². The summed E-state index contributed by atoms with van der Waals surface area (Å²) >= 11 is 0. The summed E-state index contributed by atoms with van der Waals surface area (Å²) in [7, 11) is 0. The third-order valence-corrected chi connectivity index (χ3v) is 4.03. The molecular weight excluding hydrogens is 344 g/mol. The Morgan fingerprint density at radius 2 is 1.96 bits per heavy atom. The normalized spacial score (nSPS) is 11.3. The van der Waals surface area contributed by atoms with Crippen LogP contribution in [-0.2, 0) is 9.53 Å². The Morgan fingerprint density at radius 3 is 2.67 bits per heavy atom. The molecule has 0 aliphatic carbocycles. The van der Waals surface area contributed by atoms with Crippen molar-refractivity contribution < 1.29 is 18.7 Å². The van der Waals surface area contributed by atoms with Crippen molar-refractivity contribution in [2.75, 3.05) is 13.2 Å². The van der Waals surface area contributed by atoms with Crippen LogP contribution < -0.4 is 10.4 Å². The van der Waals surface area contributed by atoms with Crippen molar-refractivity contribution >= 4 is 16.9 Å². The highest BCUT2D eigenvalue weighted by atomic mass is 16.5. The van der Waals surface area contributed by atoms with Crippen molar-refractivity contribution in [3.63, 3.8) is 0 Å². The molecule has 5 heteroatoms. The van der Waals surface area contributed by atoms with Crippen molar-refractivity contribution in [2.24, 2.45) is 0 Å². The maximum Gasteiger partial charge on any atom is 0.339 e. The lowest BCUT2D eigenvalue weighted by Crippen LogP contribution is -2.06. The lowest BCUT2D eigenvalue weighted by atomic mass is 10.1. The fourth-order valence-corrected chi connectivity index (χ4v) is 2.70. The van der Waals surface area contributed by atoms with Gasteiger partial charge in [-0.2, -0.15) is 0 Å². The molecule has 0 aliphatic heterocycles. The monoisotopic (exact) mass is 370 g/mol. The van der Waals surface area contributed by atoms with Gasteiger partial charge in [0.15, 0.2) is 0 Å². The van der Waals surface area contributed by atoms with Crippen molar-refractivity contribution in [3.05, 3.63) is 63.5 Å². The van der Waals surface area contributed by atoms with Crippen molar-refractivity contribution in [3.8, 4) is 5.75 Å². The SMILES string of the molecule is CC(=O)OCC(=CCOc1cc(=O)oc2cccc(C)c12)CCC=C(C)C. The molecule has 1 aromatic carbocycles. The second-order valence-electron chi connectivity index (χ2n) is 6.65. The molecule has 2 rings (SSSR count). The summed E-state index contributed by atoms with van der Waals surface area (Å²) in [6.07, 6.45) is 5.69. The van der Waals surface area contributed by atoms with Gasteiger partial charge in [0.1, 0.15) is 24.5 Å². The minimum Gasteiger partial charge on any atom is -0.488 e. The molecule has 0 aliphatic rings. The zero-order chi connectivity index (χ0) is 19.8. The summed E-state index contributed by atoms with van der Waals surface area (Å²) in [5, 5.41) is 0.788. The largest absolute Gasteiger partial charge is 0.488 e. The van der Waals surface area contributed by atoms with Crippen LogP contribution in [-0.4, -0.2) is 19.2 Å². The quantitative estimate of drug-likeness (QED) is 0.382. The zero-order valence-electron chi connectivity index (χ0n) is 16.3. The van der Waals surface area contributed by atoms with E-state index in [4.69, 9.17) is 13.9 Å². The van der Waals surface area contributed by atoms with Gasteiger partial charge < -0.3 is 13.9 Å². The second kappa shape index (κ2) is 9.76. The molecule has 1 heterocycles. The van der Waals surface area contributed by atoms with E-state index in [1.165, 1.54) is 18.6 Å². The van der Waals surface area contributed by atoms with Crippen LogP contribution in [0.5, 0.6) is 5.75 Å². The molecule has 0 saturated heterocycles. The molecule has 2 aromatic rings. The Hall–Kier alpha value is -2.82. The number of rotatable bonds is 8. The number of benzene rings is 1. The van der Waals surface area contributed by atoms with E-state index in [0.717, 1.165) is 29.4 Å². The molecule has 0 fully saturated rings. The Kier molecular flexibility index (Phi) is 7.41. The van der Waals surface area contributed by atoms with E-state index in [1.807, 2.05) is 39.0 Å². The van der Waals surface area contributed by atoms with Gasteiger partial charge in [0.05, 0.1) is 11.5 Å². The first-order chi connectivity index (χ1) is 12.9. The minimum absolute atomic E-state index is 0.242. The number of aryl methyl sites for hydroxylation is 1. The molecular formula is C22H26O5. The van der Waals surface area contributed by atoms with Gasteiger partial charge in [0.2, 0.25) is 0 Å². The van der Waals surface area contributed by atoms with Crippen molar-refractivity contribution in [1.82, 2.24) is 0 Å². The molecule has 5 nitrogen and oxygen atoms in total. The summed E-state index contributed by atoms with van der Waals surface area (Å²) in [5.41, 5.74) is 3.25. The van der Waals surface area contributed by atoms with E-state index < -0.39 is 5.63 Å². The fourth-order valence-electron chi connectivity index (χ4n) is 2.70. The maximum atomic E-state index is 11.8. The summed E-state index contributed by atoms with van der Waals surface area (Å²) < 4.78 is 16.2. The molecule has 0 atom stereocenters. The Bertz CT molecular complexity index is 914. The van der Waals surface area contributed by atoms with Crippen molar-refractivity contribution in [1.29, 1.82) is 0 Å². The van der Waals surface area contributed by atoms with Gasteiger partial charge in [-0.05, 0) is 56.9 Å². The van der Waals surface area contributed by atoms with Gasteiger partial charge in [0.25, 0.3) is 0 Å². The van der Waals surface area contributed by atoms with Crippen LogP contribution in [0.15, 0.2) is 56.8 Å². The number of ether oxygens (including phenoxy) is 2. The van der Waals surface area contributed by atoms with Crippen LogP contribution >= 0.6 is 0 Å². The number of carbonyl (C=O) groups excluding carboxylic acids is 1. The van der Waals surface area contributed by atoms with Crippen LogP contribution in [0.1, 0.15) is 39.2 Å². The summed E-state index contributed by atoms with van der Waals surface area (Å²) in [6, 6.07) is 6.89. The first-order valence-corrected chi connectivity index (χ1v) is 8.97. The van der Waals surface area contributed by atoms with Gasteiger partial charge >= 0.3 is 11.6 Å². The molecule has 0 bridgehead atoms. The summed E-state index contributed by atoms with van der Waals surface area (Å²) in [6.45, 7) is 7.95. The molecule has 27 heavy (non-hydrogen) atoms. The highest BCUT2D eigenvalue weighted by Crippen LogP contribution is 2.27. The first kappa shape index (κ1) is 20.5. The number of fused-ring (bicyclic) bond motifs is 1. The smallest absolute Gasteiger partial charge is 0.339 e. The van der Waals surface area contributed by atoms with Crippen molar-refractivity contribution in [2.45, 2.75) is 40.5 Å². The molecule has 0 saturated carbocycles. The van der Waals surface area contributed by atoms with E-state index >= 15 is 0 Å². The summed E-state index contributed by atoms with van der Waals surface area (Å²) in [4.78, 5) is 22.9. The van der Waals surface area contributed by atoms with Gasteiger partial charge in [-0.25, -0.2) is 4.79 Å². The average molecular weight is 370 g/mol. The van der Waals surface area contributed by atoms with Crippen LogP contribution in [0.2, 0.25) is 0 Å². The fraction of sp³-hybridized carbons (Fsp3) is 0.364. The third kappa shape index (κ3) is 6.44. The van der Waals surface area contributed by atoms with Gasteiger partial charge in [-0.1, -0.05) is 23.8 Å². The van der Waals surface area contributed by atoms with Crippen LogP contribution in [0.25, 0.3) is 11.0 Å². The standard InChI is InChI=1S/C22H26O5/c1-15(2)7-5-9-18(14-26-17(4)23)11-12-25-20-13-21(24)27-19-10-6-8-16(3)22(19)20/h6-8,10-11,13H,5,9,12,14H2,1-4H3. The Labute approximate surface area is 159 Å². The molecule has 144 valence electrons. The Morgan fingerprint density at radius 1 is 1.19 bits per heavy atom. The molecule has 0 N–H and O–H groups in total. The van der Waals surface area contributed by atoms with Gasteiger partial charge in [0, 0.05) is 6.92 Å². The Balaban J connectivity index is 2.16. The summed E-state index contributed by atoms with van der Waals surface area (Å²) in [5.74, 6) is 0.179. The lowest BCUT2D eigenvalue weighted by Gasteiger charge is -2.10. The van der Waals surface area contributed by atoms with E-state index in [2.05, 4.69) is 6.08 Å². The van der Waals surface area contributed by atoms with E-state index in [-0.39, 0.29) is 19.2 Å². The molecule has 0 spiro atoms. The average Bonchev–Trinajstić information content (AvgIpc) is 2.58. The van der Waals surface area contributed by atoms with E-state index in [9.17, 15) is 9.59 Å². The number of allylic oxidation sites excluding steroid dienone is 2. The van der Waals surface area contributed by atoms with Crippen LogP contribution in [0, 0.1) is 6.92 Å². The number of hydrogen-bond acceptors (Lipinski definition) is 5. The zero-order valence-corrected chi connectivity index (χ0v) is 16.3. The topological polar surface area (TPSA) is 65.7 Å². The highest BCUT2D eigenvalue weighted by molar-refractivity contribution is 5.86. The predicted octanol–water partition coefficient (Wildman–Crippen LogP) is 4.72. The maximum absolute atomic E-state index is 11.8. The molecule has 1 aromatic heterocycles. The highest BCUT2D eigenvalue weighted by Gasteiger charge is 2.09. The van der Waals surface area contributed by atoms with Crippen LogP contribution in [0.4, 0.5) is 0 Å². The lowest BCUT2D eigenvalue weighted by molar-refractivity contribution is -0.140. The van der Waals surface area contributed by atoms with E-state index in [0.29, 0.717) is 11.3 Å². The number of carbonyl (C=O) groups is 1. The van der Waals surface area contributed by atoms with Gasteiger partial charge in [-0.15, -0.1) is 0 Å². The predicted molar refractivity (Wildman–Crippen MR) is 106 cm³/mol. The first-order valence-electron chi connectivity index (χ1n) is 8.97. The minimum atomic E-state index is -0.448. The molecule has 0 amide bonds. The van der Waals surface area contributed by atoms with Gasteiger partial charge in [-0.3, -0.25) is 4.79 Å². The molecule has 0 unspecified atom stereocenters.